The van der Waals surface area contributed by atoms with Crippen molar-refractivity contribution in [2.45, 2.75) is 19.1 Å². The molecule has 0 aliphatic carbocycles. The molecule has 6 nitrogen and oxygen atoms in total. The van der Waals surface area contributed by atoms with Gasteiger partial charge in [0.2, 0.25) is 0 Å². The summed E-state index contributed by atoms with van der Waals surface area (Å²) in [5, 5.41) is 22.0. The number of nitrogens with one attached hydrogen (secondary N) is 1. The minimum atomic E-state index is -0.362. The molecular formula is C18H28N4O2. The predicted octanol–water partition coefficient (Wildman–Crippen LogP) is 0.819. The van der Waals surface area contributed by atoms with E-state index in [-0.39, 0.29) is 6.10 Å². The van der Waals surface area contributed by atoms with E-state index >= 15 is 0 Å². The Morgan fingerprint density at radius 3 is 2.71 bits per heavy atom. The Labute approximate surface area is 144 Å². The number of nitriles is 1. The number of benzene rings is 1. The molecule has 1 atom stereocenters. The van der Waals surface area contributed by atoms with Gasteiger partial charge in [-0.1, -0.05) is 12.1 Å². The molecule has 2 N–H and O–H groups in total. The van der Waals surface area contributed by atoms with Gasteiger partial charge in [0.15, 0.2) is 0 Å². The fraction of sp³-hybridized carbons (Fsp3) is 0.611. The summed E-state index contributed by atoms with van der Waals surface area (Å²) in [6, 6.07) is 10.5. The lowest BCUT2D eigenvalue weighted by Gasteiger charge is -2.28. The average molecular weight is 332 g/mol. The monoisotopic (exact) mass is 332 g/mol. The van der Waals surface area contributed by atoms with Gasteiger partial charge in [0.25, 0.3) is 0 Å². The Hall–Kier alpha value is -1.65. The van der Waals surface area contributed by atoms with Gasteiger partial charge in [0.1, 0.15) is 0 Å². The molecule has 0 aromatic heterocycles. The van der Waals surface area contributed by atoms with E-state index in [9.17, 15) is 5.11 Å². The first-order valence-electron chi connectivity index (χ1n) is 8.55. The molecule has 132 valence electrons. The van der Waals surface area contributed by atoms with Crippen LogP contribution in [0.2, 0.25) is 0 Å². The van der Waals surface area contributed by atoms with E-state index in [4.69, 9.17) is 10.00 Å². The maximum atomic E-state index is 10.1. The van der Waals surface area contributed by atoms with Gasteiger partial charge in [-0.05, 0) is 17.7 Å². The minimum absolute atomic E-state index is 0.362. The second kappa shape index (κ2) is 10.3. The maximum absolute atomic E-state index is 10.1. The molecule has 0 spiro atoms. The van der Waals surface area contributed by atoms with Crippen LogP contribution in [0.5, 0.6) is 0 Å². The van der Waals surface area contributed by atoms with E-state index in [1.165, 1.54) is 5.56 Å². The van der Waals surface area contributed by atoms with Gasteiger partial charge in [-0.25, -0.2) is 0 Å². The van der Waals surface area contributed by atoms with Crippen molar-refractivity contribution in [3.8, 4) is 6.07 Å². The molecule has 1 heterocycles. The minimum Gasteiger partial charge on any atom is -0.390 e. The summed E-state index contributed by atoms with van der Waals surface area (Å²) in [5.41, 5.74) is 2.30. The predicted molar refractivity (Wildman–Crippen MR) is 94.9 cm³/mol. The first-order chi connectivity index (χ1) is 11.7. The van der Waals surface area contributed by atoms with Crippen LogP contribution < -0.4 is 10.2 Å². The van der Waals surface area contributed by atoms with Crippen LogP contribution >= 0.6 is 0 Å². The highest BCUT2D eigenvalue weighted by atomic mass is 16.5. The van der Waals surface area contributed by atoms with Crippen molar-refractivity contribution in [3.05, 3.63) is 29.8 Å². The van der Waals surface area contributed by atoms with Crippen molar-refractivity contribution < 1.29 is 9.84 Å². The Balaban J connectivity index is 1.67. The molecule has 0 bridgehead atoms. The normalized spacial score (nSPS) is 16.5. The van der Waals surface area contributed by atoms with Crippen LogP contribution in [-0.2, 0) is 11.3 Å². The van der Waals surface area contributed by atoms with Crippen molar-refractivity contribution in [1.82, 2.24) is 10.2 Å². The molecule has 2 rings (SSSR count). The summed E-state index contributed by atoms with van der Waals surface area (Å²) in [6.07, 6.45) is 0.167. The SMILES string of the molecule is CN(CCC#N)c1ccc(CNC[C@H](O)CN2CCOCC2)cc1. The third kappa shape index (κ3) is 6.46. The van der Waals surface area contributed by atoms with E-state index in [0.29, 0.717) is 19.5 Å². The van der Waals surface area contributed by atoms with Crippen LogP contribution in [0, 0.1) is 11.3 Å². The number of rotatable bonds is 9. The number of β-amino-alcohol motifs (C(OH)–C–C–N with tert-alkyl or cyclic N) is 1. The lowest BCUT2D eigenvalue weighted by molar-refractivity contribution is 0.0149. The number of aliphatic hydroxyl groups excluding tert-OH is 1. The molecule has 0 radical (unpaired) electrons. The zero-order valence-corrected chi connectivity index (χ0v) is 14.4. The largest absolute Gasteiger partial charge is 0.390 e. The van der Waals surface area contributed by atoms with Crippen molar-refractivity contribution in [1.29, 1.82) is 5.26 Å². The summed E-state index contributed by atoms with van der Waals surface area (Å²) >= 11 is 0. The van der Waals surface area contributed by atoms with Crippen LogP contribution in [0.1, 0.15) is 12.0 Å². The fourth-order valence-corrected chi connectivity index (χ4v) is 2.74. The maximum Gasteiger partial charge on any atom is 0.0791 e. The lowest BCUT2D eigenvalue weighted by Crippen LogP contribution is -2.43. The summed E-state index contributed by atoms with van der Waals surface area (Å²) in [6.45, 7) is 6.07. The van der Waals surface area contributed by atoms with Gasteiger partial charge >= 0.3 is 0 Å². The van der Waals surface area contributed by atoms with Crippen molar-refractivity contribution in [2.24, 2.45) is 0 Å². The Kier molecular flexibility index (Phi) is 7.99. The van der Waals surface area contributed by atoms with E-state index in [2.05, 4.69) is 45.5 Å². The molecule has 0 amide bonds. The molecule has 6 heteroatoms. The third-order valence-electron chi connectivity index (χ3n) is 4.22. The third-order valence-corrected chi connectivity index (χ3v) is 4.22. The highest BCUT2D eigenvalue weighted by Gasteiger charge is 2.14. The molecule has 1 aromatic carbocycles. The summed E-state index contributed by atoms with van der Waals surface area (Å²) in [5.74, 6) is 0. The molecule has 1 aliphatic heterocycles. The average Bonchev–Trinajstić information content (AvgIpc) is 2.61. The second-order valence-corrected chi connectivity index (χ2v) is 6.19. The van der Waals surface area contributed by atoms with Gasteiger partial charge in [0, 0.05) is 52.0 Å². The first kappa shape index (κ1) is 18.7. The first-order valence-corrected chi connectivity index (χ1v) is 8.55. The number of hydrogen-bond acceptors (Lipinski definition) is 6. The highest BCUT2D eigenvalue weighted by molar-refractivity contribution is 5.46. The fourth-order valence-electron chi connectivity index (χ4n) is 2.74. The van der Waals surface area contributed by atoms with Gasteiger partial charge < -0.3 is 20.1 Å². The van der Waals surface area contributed by atoms with Crippen LogP contribution in [0.25, 0.3) is 0 Å². The van der Waals surface area contributed by atoms with Crippen LogP contribution in [-0.4, -0.2) is 69.1 Å². The molecule has 1 aromatic rings. The number of nitrogens with zero attached hydrogens (tertiary/aromatic N) is 3. The zero-order chi connectivity index (χ0) is 17.2. The molecule has 0 saturated carbocycles. The van der Waals surface area contributed by atoms with Crippen LogP contribution in [0.15, 0.2) is 24.3 Å². The molecule has 0 unspecified atom stereocenters. The van der Waals surface area contributed by atoms with E-state index < -0.39 is 0 Å². The zero-order valence-electron chi connectivity index (χ0n) is 14.4. The van der Waals surface area contributed by atoms with E-state index in [1.54, 1.807) is 0 Å². The molecule has 1 saturated heterocycles. The smallest absolute Gasteiger partial charge is 0.0791 e. The standard InChI is InChI=1S/C18H28N4O2/c1-21(8-2-7-19)17-5-3-16(4-6-17)13-20-14-18(23)15-22-9-11-24-12-10-22/h3-6,18,20,23H,2,8-15H2,1H3/t18-/m0/s1. The number of hydrogen-bond donors (Lipinski definition) is 2. The summed E-state index contributed by atoms with van der Waals surface area (Å²) < 4.78 is 5.31. The van der Waals surface area contributed by atoms with Crippen molar-refractivity contribution in [3.63, 3.8) is 0 Å². The number of morpholine rings is 1. The molecular weight excluding hydrogens is 304 g/mol. The quantitative estimate of drug-likeness (QED) is 0.698. The number of ether oxygens (including phenoxy) is 1. The van der Waals surface area contributed by atoms with Gasteiger partial charge in [0.05, 0.1) is 31.8 Å². The van der Waals surface area contributed by atoms with Crippen LogP contribution in [0.4, 0.5) is 5.69 Å². The van der Waals surface area contributed by atoms with Gasteiger partial charge in [-0.3, -0.25) is 4.90 Å². The lowest BCUT2D eigenvalue weighted by atomic mass is 10.2. The topological polar surface area (TPSA) is 71.8 Å². The second-order valence-electron chi connectivity index (χ2n) is 6.19. The van der Waals surface area contributed by atoms with E-state index in [1.807, 2.05) is 7.05 Å². The van der Waals surface area contributed by atoms with Crippen LogP contribution in [0.3, 0.4) is 0 Å². The Bertz CT molecular complexity index is 509. The molecule has 1 fully saturated rings. The van der Waals surface area contributed by atoms with Crippen molar-refractivity contribution >= 4 is 5.69 Å². The Morgan fingerprint density at radius 1 is 1.33 bits per heavy atom. The summed E-state index contributed by atoms with van der Waals surface area (Å²) in [4.78, 5) is 4.31. The molecule has 24 heavy (non-hydrogen) atoms. The number of anilines is 1. The number of aliphatic hydroxyl groups is 1. The van der Waals surface area contributed by atoms with Gasteiger partial charge in [-0.15, -0.1) is 0 Å². The molecule has 1 aliphatic rings. The Morgan fingerprint density at radius 2 is 2.04 bits per heavy atom. The van der Waals surface area contributed by atoms with E-state index in [0.717, 1.165) is 45.1 Å². The van der Waals surface area contributed by atoms with Gasteiger partial charge in [-0.2, -0.15) is 5.26 Å². The highest BCUT2D eigenvalue weighted by Crippen LogP contribution is 2.14. The summed E-state index contributed by atoms with van der Waals surface area (Å²) in [7, 11) is 1.99. The van der Waals surface area contributed by atoms with Crippen molar-refractivity contribution in [2.75, 3.05) is 57.9 Å².